The molecule has 2 saturated heterocycles. The molecule has 2 atom stereocenters. The monoisotopic (exact) mass is 260 g/mol. The first kappa shape index (κ1) is 13.0. The lowest BCUT2D eigenvalue weighted by atomic mass is 10.0. The fourth-order valence-corrected chi connectivity index (χ4v) is 2.68. The van der Waals surface area contributed by atoms with E-state index in [1.165, 1.54) is 0 Å². The van der Waals surface area contributed by atoms with E-state index in [1.807, 2.05) is 0 Å². The molecule has 0 aromatic heterocycles. The molecule has 0 N–H and O–H groups in total. The van der Waals surface area contributed by atoms with Crippen LogP contribution in [-0.4, -0.2) is 46.5 Å². The second-order valence-electron chi connectivity index (χ2n) is 5.43. The smallest absolute Gasteiger partial charge is 0.306 e. The summed E-state index contributed by atoms with van der Waals surface area (Å²) in [6.45, 7) is 7.98. The molecule has 0 aliphatic carbocycles. The van der Waals surface area contributed by atoms with Crippen LogP contribution in [-0.2, 0) is 23.4 Å². The van der Waals surface area contributed by atoms with Crippen molar-refractivity contribution in [3.8, 4) is 0 Å². The lowest BCUT2D eigenvalue weighted by Gasteiger charge is -2.25. The Hall–Kier alpha value is -0.433. The second kappa shape index (κ2) is 5.05. The van der Waals surface area contributed by atoms with Crippen molar-refractivity contribution in [3.63, 3.8) is 0 Å². The minimum absolute atomic E-state index is 0.0265. The highest BCUT2D eigenvalue weighted by atomic mass is 28.4. The van der Waals surface area contributed by atoms with E-state index in [0.29, 0.717) is 26.2 Å². The van der Waals surface area contributed by atoms with Crippen LogP contribution in [0.3, 0.4) is 0 Å². The number of hydrogen-bond acceptors (Lipinski definition) is 5. The first-order chi connectivity index (χ1) is 7.96. The van der Waals surface area contributed by atoms with Gasteiger partial charge in [-0.15, -0.1) is 0 Å². The van der Waals surface area contributed by atoms with Gasteiger partial charge in [0.15, 0.2) is 14.6 Å². The summed E-state index contributed by atoms with van der Waals surface area (Å²) in [4.78, 5) is 11.4. The van der Waals surface area contributed by atoms with Gasteiger partial charge in [0.25, 0.3) is 0 Å². The van der Waals surface area contributed by atoms with Crippen LogP contribution < -0.4 is 0 Å². The molecule has 0 spiro atoms. The Labute approximate surface area is 102 Å². The van der Waals surface area contributed by atoms with Gasteiger partial charge in [0.2, 0.25) is 0 Å². The van der Waals surface area contributed by atoms with Gasteiger partial charge < -0.3 is 18.6 Å². The van der Waals surface area contributed by atoms with E-state index in [1.54, 1.807) is 0 Å². The van der Waals surface area contributed by atoms with Crippen LogP contribution in [0.1, 0.15) is 6.42 Å². The van der Waals surface area contributed by atoms with Gasteiger partial charge in [-0.25, -0.2) is 0 Å². The molecule has 0 saturated carbocycles. The van der Waals surface area contributed by atoms with E-state index in [-0.39, 0.29) is 24.3 Å². The minimum atomic E-state index is -1.59. The van der Waals surface area contributed by atoms with Crippen LogP contribution in [0.15, 0.2) is 0 Å². The zero-order chi connectivity index (χ0) is 12.5. The van der Waals surface area contributed by atoms with E-state index < -0.39 is 8.32 Å². The molecule has 2 aliphatic rings. The fraction of sp³-hybridized carbons (Fsp3) is 0.909. The summed E-state index contributed by atoms with van der Waals surface area (Å²) in [5.74, 6) is -0.209. The molecule has 17 heavy (non-hydrogen) atoms. The number of ether oxygens (including phenoxy) is 3. The first-order valence-electron chi connectivity index (χ1n) is 6.02. The maximum atomic E-state index is 11.4. The fourth-order valence-electron chi connectivity index (χ4n) is 2.01. The van der Waals surface area contributed by atoms with Gasteiger partial charge in [-0.05, 0) is 19.6 Å². The van der Waals surface area contributed by atoms with Gasteiger partial charge in [0.1, 0.15) is 6.10 Å². The topological polar surface area (TPSA) is 54.0 Å². The summed E-state index contributed by atoms with van der Waals surface area (Å²) >= 11 is 0. The molecule has 5 nitrogen and oxygen atoms in total. The number of carbonyl (C=O) groups excluding carboxylic acids is 1. The van der Waals surface area contributed by atoms with E-state index in [4.69, 9.17) is 18.6 Å². The highest BCUT2D eigenvalue weighted by Crippen LogP contribution is 2.30. The van der Waals surface area contributed by atoms with Gasteiger partial charge in [0, 0.05) is 0 Å². The van der Waals surface area contributed by atoms with Gasteiger partial charge in [-0.3, -0.25) is 4.79 Å². The number of hydrogen-bond donors (Lipinski definition) is 0. The van der Waals surface area contributed by atoms with E-state index in [9.17, 15) is 4.79 Å². The van der Waals surface area contributed by atoms with Gasteiger partial charge in [0.05, 0.1) is 32.2 Å². The SMILES string of the molecule is C[Si](C)(C)OC[C@H]1OC(=O)C[C@@H]1C1OCCO1. The summed E-state index contributed by atoms with van der Waals surface area (Å²) in [6, 6.07) is 0. The van der Waals surface area contributed by atoms with Crippen molar-refractivity contribution in [1.29, 1.82) is 0 Å². The summed E-state index contributed by atoms with van der Waals surface area (Å²) in [5.41, 5.74) is 0. The summed E-state index contributed by atoms with van der Waals surface area (Å²) < 4.78 is 22.0. The number of rotatable bonds is 4. The zero-order valence-corrected chi connectivity index (χ0v) is 11.6. The number of carbonyl (C=O) groups is 1. The van der Waals surface area contributed by atoms with Gasteiger partial charge >= 0.3 is 5.97 Å². The predicted molar refractivity (Wildman–Crippen MR) is 63.0 cm³/mol. The molecular formula is C11H20O5Si. The minimum Gasteiger partial charge on any atom is -0.459 e. The number of cyclic esters (lactones) is 1. The van der Waals surface area contributed by atoms with Crippen LogP contribution >= 0.6 is 0 Å². The third-order valence-corrected chi connectivity index (χ3v) is 3.87. The lowest BCUT2D eigenvalue weighted by Crippen LogP contribution is -2.36. The summed E-state index contributed by atoms with van der Waals surface area (Å²) in [5, 5.41) is 0. The molecular weight excluding hydrogens is 240 g/mol. The van der Waals surface area contributed by atoms with Crippen molar-refractivity contribution in [2.24, 2.45) is 5.92 Å². The van der Waals surface area contributed by atoms with Crippen molar-refractivity contribution >= 4 is 14.3 Å². The molecule has 0 unspecified atom stereocenters. The Bertz CT molecular complexity index is 282. The maximum Gasteiger partial charge on any atom is 0.306 e. The van der Waals surface area contributed by atoms with Crippen molar-refractivity contribution in [3.05, 3.63) is 0 Å². The van der Waals surface area contributed by atoms with Crippen LogP contribution in [0.4, 0.5) is 0 Å². The van der Waals surface area contributed by atoms with Gasteiger partial charge in [-0.2, -0.15) is 0 Å². The lowest BCUT2D eigenvalue weighted by molar-refractivity contribution is -0.144. The summed E-state index contributed by atoms with van der Waals surface area (Å²) in [6.07, 6.45) is -0.168. The quantitative estimate of drug-likeness (QED) is 0.560. The van der Waals surface area contributed by atoms with Crippen molar-refractivity contribution < 1.29 is 23.4 Å². The standard InChI is InChI=1S/C11H20O5Si/c1-17(2,3)15-7-9-8(6-10(12)16-9)11-13-4-5-14-11/h8-9,11H,4-7H2,1-3H3/t8-,9+/m0/s1. The van der Waals surface area contributed by atoms with E-state index >= 15 is 0 Å². The Balaban J connectivity index is 1.91. The van der Waals surface area contributed by atoms with Crippen molar-refractivity contribution in [1.82, 2.24) is 0 Å². The predicted octanol–water partition coefficient (Wildman–Crippen LogP) is 1.14. The molecule has 2 aliphatic heterocycles. The van der Waals surface area contributed by atoms with Gasteiger partial charge in [-0.1, -0.05) is 0 Å². The average molecular weight is 260 g/mol. The van der Waals surface area contributed by atoms with Crippen LogP contribution in [0.5, 0.6) is 0 Å². The molecule has 0 bridgehead atoms. The number of esters is 1. The molecule has 6 heteroatoms. The van der Waals surface area contributed by atoms with Crippen molar-refractivity contribution in [2.45, 2.75) is 38.5 Å². The largest absolute Gasteiger partial charge is 0.459 e. The Morgan fingerprint density at radius 2 is 1.94 bits per heavy atom. The molecule has 0 aromatic rings. The highest BCUT2D eigenvalue weighted by molar-refractivity contribution is 6.69. The molecule has 98 valence electrons. The van der Waals surface area contributed by atoms with Crippen LogP contribution in [0, 0.1) is 5.92 Å². The van der Waals surface area contributed by atoms with E-state index in [0.717, 1.165) is 0 Å². The Morgan fingerprint density at radius 1 is 1.29 bits per heavy atom. The Morgan fingerprint density at radius 3 is 2.53 bits per heavy atom. The molecule has 0 amide bonds. The van der Waals surface area contributed by atoms with E-state index in [2.05, 4.69) is 19.6 Å². The second-order valence-corrected chi connectivity index (χ2v) is 9.94. The van der Waals surface area contributed by atoms with Crippen LogP contribution in [0.25, 0.3) is 0 Å². The summed E-state index contributed by atoms with van der Waals surface area (Å²) in [7, 11) is -1.59. The maximum absolute atomic E-state index is 11.4. The zero-order valence-electron chi connectivity index (χ0n) is 10.6. The normalized spacial score (nSPS) is 30.9. The molecule has 2 fully saturated rings. The molecule has 0 aromatic carbocycles. The Kier molecular flexibility index (Phi) is 3.87. The van der Waals surface area contributed by atoms with Crippen molar-refractivity contribution in [2.75, 3.05) is 19.8 Å². The third-order valence-electron chi connectivity index (χ3n) is 2.84. The molecule has 0 radical (unpaired) electrons. The average Bonchev–Trinajstić information content (AvgIpc) is 2.81. The van der Waals surface area contributed by atoms with Crippen LogP contribution in [0.2, 0.25) is 19.6 Å². The molecule has 2 heterocycles. The first-order valence-corrected chi connectivity index (χ1v) is 9.43. The molecule has 2 rings (SSSR count). The highest BCUT2D eigenvalue weighted by Gasteiger charge is 2.43. The third kappa shape index (κ3) is 3.51.